The highest BCUT2D eigenvalue weighted by atomic mass is 32.2. The Hall–Kier alpha value is -1.08. The molecule has 0 spiro atoms. The number of rotatable bonds is 3. The molecule has 0 radical (unpaired) electrons. The third-order valence-electron chi connectivity index (χ3n) is 2.08. The molecular weight excluding hydrogens is 202 g/mol. The van der Waals surface area contributed by atoms with Crippen molar-refractivity contribution in [3.8, 4) is 0 Å². The van der Waals surface area contributed by atoms with E-state index >= 15 is 0 Å². The molecule has 14 heavy (non-hydrogen) atoms. The predicted molar refractivity (Wildman–Crippen MR) is 54.5 cm³/mol. The molecule has 0 aliphatic carbocycles. The van der Waals surface area contributed by atoms with Gasteiger partial charge in [0.2, 0.25) is 0 Å². The van der Waals surface area contributed by atoms with Crippen molar-refractivity contribution in [2.45, 2.75) is 6.04 Å². The number of anilines is 1. The molecule has 6 nitrogen and oxygen atoms in total. The first kappa shape index (κ1) is 9.47. The Morgan fingerprint density at radius 3 is 3.00 bits per heavy atom. The second-order valence-corrected chi connectivity index (χ2v) is 5.31. The van der Waals surface area contributed by atoms with E-state index in [0.29, 0.717) is 11.9 Å². The highest BCUT2D eigenvalue weighted by molar-refractivity contribution is 7.93. The van der Waals surface area contributed by atoms with Crippen molar-refractivity contribution in [2.24, 2.45) is 0 Å². The zero-order chi connectivity index (χ0) is 10.2. The fourth-order valence-electron chi connectivity index (χ4n) is 1.33. The van der Waals surface area contributed by atoms with Crippen LogP contribution >= 0.6 is 0 Å². The van der Waals surface area contributed by atoms with Crippen LogP contribution in [-0.2, 0) is 9.92 Å². The molecule has 0 amide bonds. The summed E-state index contributed by atoms with van der Waals surface area (Å²) in [5.74, 6) is 0.652. The monoisotopic (exact) mass is 215 g/mol. The molecule has 0 aromatic carbocycles. The lowest BCUT2D eigenvalue weighted by molar-refractivity contribution is 0.322. The Morgan fingerprint density at radius 2 is 2.50 bits per heavy atom. The van der Waals surface area contributed by atoms with Gasteiger partial charge in [-0.3, -0.25) is 4.72 Å². The van der Waals surface area contributed by atoms with E-state index in [1.165, 1.54) is 6.26 Å². The minimum absolute atomic E-state index is 0.314. The van der Waals surface area contributed by atoms with Crippen molar-refractivity contribution < 1.29 is 4.21 Å². The van der Waals surface area contributed by atoms with E-state index in [1.54, 1.807) is 16.9 Å². The van der Waals surface area contributed by atoms with E-state index in [2.05, 4.69) is 15.1 Å². The SMILES string of the molecule is CS(=N)(=O)Nc1ccnn1C1CNC1. The van der Waals surface area contributed by atoms with Crippen molar-refractivity contribution in [2.75, 3.05) is 24.1 Å². The molecule has 3 N–H and O–H groups in total. The van der Waals surface area contributed by atoms with Crippen LogP contribution in [-0.4, -0.2) is 33.3 Å². The number of hydrogen-bond acceptors (Lipinski definition) is 4. The van der Waals surface area contributed by atoms with E-state index in [9.17, 15) is 4.21 Å². The Balaban J connectivity index is 2.21. The first-order chi connectivity index (χ1) is 6.56. The number of hydrogen-bond donors (Lipinski definition) is 3. The van der Waals surface area contributed by atoms with Crippen LogP contribution in [0.2, 0.25) is 0 Å². The molecule has 2 rings (SSSR count). The van der Waals surface area contributed by atoms with Crippen molar-refractivity contribution in [1.29, 1.82) is 4.78 Å². The minimum Gasteiger partial charge on any atom is -0.312 e. The molecule has 1 saturated heterocycles. The summed E-state index contributed by atoms with van der Waals surface area (Å²) < 4.78 is 22.9. The molecule has 0 bridgehead atoms. The Labute approximate surface area is 82.8 Å². The van der Waals surface area contributed by atoms with Gasteiger partial charge in [-0.1, -0.05) is 0 Å². The van der Waals surface area contributed by atoms with Crippen LogP contribution in [0.25, 0.3) is 0 Å². The topological polar surface area (TPSA) is 82.8 Å². The molecule has 1 aromatic heterocycles. The highest BCUT2D eigenvalue weighted by Gasteiger charge is 2.21. The Morgan fingerprint density at radius 1 is 1.79 bits per heavy atom. The van der Waals surface area contributed by atoms with Crippen LogP contribution < -0.4 is 10.0 Å². The van der Waals surface area contributed by atoms with E-state index in [-0.39, 0.29) is 0 Å². The molecule has 1 atom stereocenters. The van der Waals surface area contributed by atoms with Crippen LogP contribution in [0.15, 0.2) is 12.3 Å². The maximum Gasteiger partial charge on any atom is 0.136 e. The summed E-state index contributed by atoms with van der Waals surface area (Å²) in [5.41, 5.74) is 0. The molecule has 0 saturated carbocycles. The van der Waals surface area contributed by atoms with Crippen LogP contribution in [0, 0.1) is 4.78 Å². The maximum absolute atomic E-state index is 11.2. The summed E-state index contributed by atoms with van der Waals surface area (Å²) in [6.07, 6.45) is 3.00. The predicted octanol–water partition coefficient (Wildman–Crippen LogP) is 0.0309. The summed E-state index contributed by atoms with van der Waals surface area (Å²) in [6, 6.07) is 2.05. The third kappa shape index (κ3) is 1.88. The average Bonchev–Trinajstić information content (AvgIpc) is 2.30. The normalized spacial score (nSPS) is 21.2. The molecule has 7 heteroatoms. The number of nitrogens with one attached hydrogen (secondary N) is 3. The summed E-state index contributed by atoms with van der Waals surface area (Å²) in [6.45, 7) is 1.75. The molecular formula is C7H13N5OS. The zero-order valence-electron chi connectivity index (χ0n) is 7.86. The van der Waals surface area contributed by atoms with Crippen molar-refractivity contribution in [3.05, 3.63) is 12.3 Å². The van der Waals surface area contributed by atoms with Crippen molar-refractivity contribution >= 4 is 15.7 Å². The quantitative estimate of drug-likeness (QED) is 0.665. The lowest BCUT2D eigenvalue weighted by Crippen LogP contribution is -2.44. The minimum atomic E-state index is -2.72. The van der Waals surface area contributed by atoms with Gasteiger partial charge in [-0.2, -0.15) is 5.10 Å². The molecule has 1 fully saturated rings. The van der Waals surface area contributed by atoms with Gasteiger partial charge in [0.1, 0.15) is 15.7 Å². The fraction of sp³-hybridized carbons (Fsp3) is 0.571. The molecule has 1 aliphatic rings. The van der Waals surface area contributed by atoms with Crippen LogP contribution in [0.1, 0.15) is 6.04 Å². The first-order valence-corrected chi connectivity index (χ1v) is 6.29. The van der Waals surface area contributed by atoms with Gasteiger partial charge in [-0.05, 0) is 0 Å². The maximum atomic E-state index is 11.2. The van der Waals surface area contributed by atoms with Gasteiger partial charge in [0, 0.05) is 25.4 Å². The van der Waals surface area contributed by atoms with Gasteiger partial charge in [-0.15, -0.1) is 0 Å². The Bertz CT molecular complexity index is 419. The number of aromatic nitrogens is 2. The average molecular weight is 215 g/mol. The van der Waals surface area contributed by atoms with Gasteiger partial charge in [0.25, 0.3) is 0 Å². The molecule has 1 unspecified atom stereocenters. The molecule has 1 aromatic rings. The Kier molecular flexibility index (Phi) is 2.20. The second-order valence-electron chi connectivity index (χ2n) is 3.42. The highest BCUT2D eigenvalue weighted by Crippen LogP contribution is 2.17. The van der Waals surface area contributed by atoms with Crippen molar-refractivity contribution in [3.63, 3.8) is 0 Å². The van der Waals surface area contributed by atoms with Crippen LogP contribution in [0.5, 0.6) is 0 Å². The number of nitrogens with zero attached hydrogens (tertiary/aromatic N) is 2. The lowest BCUT2D eigenvalue weighted by atomic mass is 10.2. The molecule has 2 heterocycles. The van der Waals surface area contributed by atoms with Gasteiger partial charge in [-0.25, -0.2) is 13.7 Å². The first-order valence-electron chi connectivity index (χ1n) is 4.32. The van der Waals surface area contributed by atoms with Gasteiger partial charge >= 0.3 is 0 Å². The standard InChI is InChI=1S/C7H13N5OS/c1-14(8,13)11-7-2-3-10-12(7)6-4-9-5-6/h2-3,6,9H,4-5H2,1H3,(H2,8,11,13). The fourth-order valence-corrected chi connectivity index (χ4v) is 1.89. The van der Waals surface area contributed by atoms with E-state index in [1.807, 2.05) is 0 Å². The van der Waals surface area contributed by atoms with Crippen molar-refractivity contribution in [1.82, 2.24) is 15.1 Å². The van der Waals surface area contributed by atoms with Gasteiger partial charge in [0.15, 0.2) is 0 Å². The second kappa shape index (κ2) is 3.25. The van der Waals surface area contributed by atoms with Crippen LogP contribution in [0.4, 0.5) is 5.82 Å². The summed E-state index contributed by atoms with van der Waals surface area (Å²) in [7, 11) is -2.72. The smallest absolute Gasteiger partial charge is 0.136 e. The summed E-state index contributed by atoms with van der Waals surface area (Å²) in [5, 5.41) is 7.26. The van der Waals surface area contributed by atoms with Crippen LogP contribution in [0.3, 0.4) is 0 Å². The summed E-state index contributed by atoms with van der Waals surface area (Å²) >= 11 is 0. The lowest BCUT2D eigenvalue weighted by Gasteiger charge is -2.28. The van der Waals surface area contributed by atoms with Gasteiger partial charge < -0.3 is 5.32 Å². The zero-order valence-corrected chi connectivity index (χ0v) is 8.67. The van der Waals surface area contributed by atoms with E-state index < -0.39 is 9.92 Å². The third-order valence-corrected chi connectivity index (χ3v) is 2.67. The largest absolute Gasteiger partial charge is 0.312 e. The van der Waals surface area contributed by atoms with E-state index in [4.69, 9.17) is 4.78 Å². The molecule has 78 valence electrons. The van der Waals surface area contributed by atoms with E-state index in [0.717, 1.165) is 13.1 Å². The molecule has 1 aliphatic heterocycles. The summed E-state index contributed by atoms with van der Waals surface area (Å²) in [4.78, 5) is 0. The van der Waals surface area contributed by atoms with Gasteiger partial charge in [0.05, 0.1) is 12.2 Å².